The standard InChI is InChI=1S/C7H15NO5.C6H14N4O2.C6H9N3O2.C6H14N2O2/c1-8-4-6(11)5(10)3(2-9)13-7(4)12;7-4(5(11)12)2-1-3-10-6(8)9;7-5(6(10)11)1-4-2-8-3-9-4;7-4-2-1-3-5(8)6(9)10/h3-12H,2H2,1H3;4H,1-3,7H2,(H,11,12)(H4,8,9,10);2-3,5H,1,7H2,(H,8,9)(H,10,11);5H,1-4,7-8H2,(H,9,10)/t3-,4-,5-,6-,7?;;;/m1.../s1. The van der Waals surface area contributed by atoms with E-state index in [0.717, 1.165) is 18.5 Å². The number of nitrogens with zero attached hydrogens (tertiary/aromatic N) is 2. The first-order chi connectivity index (χ1) is 21.5. The van der Waals surface area contributed by atoms with Gasteiger partial charge >= 0.3 is 17.9 Å². The molecule has 2 rings (SSSR count). The van der Waals surface area contributed by atoms with Crippen LogP contribution in [0.25, 0.3) is 0 Å². The number of guanidine groups is 1. The van der Waals surface area contributed by atoms with Gasteiger partial charge in [-0.05, 0) is 39.3 Å². The maximum absolute atomic E-state index is 10.3. The molecule has 0 saturated carbocycles. The van der Waals surface area contributed by atoms with Crippen molar-refractivity contribution in [3.63, 3.8) is 0 Å². The summed E-state index contributed by atoms with van der Waals surface area (Å²) in [6, 6.07) is -3.13. The number of ether oxygens (including phenoxy) is 1. The number of hydrogen-bond donors (Lipinski definition) is 15. The predicted octanol–water partition coefficient (Wildman–Crippen LogP) is -5.65. The topological polar surface area (TPSA) is 411 Å². The van der Waals surface area contributed by atoms with Gasteiger partial charge in [-0.25, -0.2) is 4.98 Å². The maximum Gasteiger partial charge on any atom is 0.320 e. The Balaban J connectivity index is 0. The Kier molecular flexibility index (Phi) is 24.9. The van der Waals surface area contributed by atoms with E-state index < -0.39 is 73.3 Å². The summed E-state index contributed by atoms with van der Waals surface area (Å²) in [4.78, 5) is 40.8. The molecule has 0 aliphatic carbocycles. The van der Waals surface area contributed by atoms with Crippen molar-refractivity contribution in [3.8, 4) is 0 Å². The molecule has 1 aliphatic rings. The largest absolute Gasteiger partial charge is 0.480 e. The van der Waals surface area contributed by atoms with Crippen molar-refractivity contribution in [2.75, 3.05) is 26.7 Å². The Labute approximate surface area is 266 Å². The molecule has 0 radical (unpaired) electrons. The molecular formula is C25H52N10O11. The van der Waals surface area contributed by atoms with Gasteiger partial charge in [0.15, 0.2) is 12.2 Å². The van der Waals surface area contributed by atoms with E-state index in [9.17, 15) is 29.7 Å². The van der Waals surface area contributed by atoms with Crippen LogP contribution in [-0.4, -0.2) is 145 Å². The van der Waals surface area contributed by atoms with Gasteiger partial charge in [-0.1, -0.05) is 6.42 Å². The van der Waals surface area contributed by atoms with E-state index in [1.165, 1.54) is 13.4 Å². The first-order valence-electron chi connectivity index (χ1n) is 14.2. The summed E-state index contributed by atoms with van der Waals surface area (Å²) in [6.07, 6.45) is 1.96. The lowest BCUT2D eigenvalue weighted by molar-refractivity contribution is -0.253. The molecule has 21 nitrogen and oxygen atoms in total. The average Bonchev–Trinajstić information content (AvgIpc) is 3.51. The lowest BCUT2D eigenvalue weighted by Gasteiger charge is -2.39. The number of aliphatic hydroxyl groups excluding tert-OH is 4. The van der Waals surface area contributed by atoms with Gasteiger partial charge in [0.2, 0.25) is 0 Å². The number of likely N-dealkylation sites (N-methyl/N-ethyl adjacent to an activating group) is 1. The number of aromatic nitrogens is 2. The minimum Gasteiger partial charge on any atom is -0.480 e. The zero-order chi connectivity index (χ0) is 35.8. The van der Waals surface area contributed by atoms with Crippen LogP contribution in [0.15, 0.2) is 17.5 Å². The molecular weight excluding hydrogens is 616 g/mol. The van der Waals surface area contributed by atoms with E-state index in [-0.39, 0.29) is 12.4 Å². The average molecular weight is 669 g/mol. The molecule has 1 fully saturated rings. The third-order valence-electron chi connectivity index (χ3n) is 6.12. The number of unbranched alkanes of at least 4 members (excludes halogenated alkanes) is 1. The zero-order valence-electron chi connectivity index (χ0n) is 25.8. The molecule has 1 aromatic heterocycles. The molecule has 0 amide bonds. The minimum absolute atomic E-state index is 0.0129. The Hall–Kier alpha value is -3.51. The summed E-state index contributed by atoms with van der Waals surface area (Å²) in [7, 11) is 1.53. The second kappa shape index (κ2) is 25.7. The molecule has 1 aromatic rings. The normalized spacial score (nSPS) is 22.2. The molecule has 268 valence electrons. The number of aliphatic carboxylic acids is 3. The van der Waals surface area contributed by atoms with Crippen molar-refractivity contribution < 1.29 is 54.9 Å². The highest BCUT2D eigenvalue weighted by atomic mass is 16.6. The van der Waals surface area contributed by atoms with Crippen LogP contribution < -0.4 is 39.7 Å². The number of nitrogens with one attached hydrogen (secondary N) is 2. The summed E-state index contributed by atoms with van der Waals surface area (Å²) in [5, 5.41) is 64.6. The van der Waals surface area contributed by atoms with Crippen LogP contribution in [0.3, 0.4) is 0 Å². The molecule has 8 atom stereocenters. The highest BCUT2D eigenvalue weighted by Crippen LogP contribution is 2.19. The summed E-state index contributed by atoms with van der Waals surface area (Å²) >= 11 is 0. The highest BCUT2D eigenvalue weighted by molar-refractivity contribution is 5.75. The van der Waals surface area contributed by atoms with E-state index in [1.807, 2.05) is 0 Å². The van der Waals surface area contributed by atoms with Crippen molar-refractivity contribution in [2.24, 2.45) is 39.4 Å². The number of rotatable bonds is 15. The predicted molar refractivity (Wildman–Crippen MR) is 165 cm³/mol. The summed E-state index contributed by atoms with van der Waals surface area (Å²) in [5.74, 6) is -2.92. The number of nitrogens with two attached hydrogens (primary N) is 6. The van der Waals surface area contributed by atoms with E-state index in [2.05, 4.69) is 20.3 Å². The smallest absolute Gasteiger partial charge is 0.320 e. The molecule has 1 aliphatic heterocycles. The van der Waals surface area contributed by atoms with Gasteiger partial charge < -0.3 is 85.2 Å². The Morgan fingerprint density at radius 3 is 1.91 bits per heavy atom. The number of carbonyl (C=O) groups is 3. The van der Waals surface area contributed by atoms with Gasteiger partial charge in [-0.3, -0.25) is 19.4 Å². The number of H-pyrrole nitrogens is 1. The second-order valence-electron chi connectivity index (χ2n) is 9.89. The third kappa shape index (κ3) is 20.5. The molecule has 0 aromatic carbocycles. The number of carboxylic acid groups (broad SMARTS) is 3. The van der Waals surface area contributed by atoms with Gasteiger partial charge in [0.05, 0.1) is 19.0 Å². The SMILES string of the molecule is CN[C@H]1C(O)O[C@H](CO)[C@@H](O)[C@@H]1O.NC(Cc1cnc[nH]1)C(=O)O.NC(N)=NCCCC(N)C(=O)O.NCCCCC(N)C(=O)O. The lowest BCUT2D eigenvalue weighted by atomic mass is 9.97. The van der Waals surface area contributed by atoms with Crippen molar-refractivity contribution in [3.05, 3.63) is 18.2 Å². The van der Waals surface area contributed by atoms with E-state index >= 15 is 0 Å². The first kappa shape index (κ1) is 44.6. The van der Waals surface area contributed by atoms with Crippen LogP contribution in [0.1, 0.15) is 37.8 Å². The number of carboxylic acids is 3. The molecule has 2 heterocycles. The Morgan fingerprint density at radius 1 is 0.957 bits per heavy atom. The number of hydrogen-bond acceptors (Lipinski definition) is 15. The number of imidazole rings is 1. The van der Waals surface area contributed by atoms with Crippen LogP contribution in [0.2, 0.25) is 0 Å². The van der Waals surface area contributed by atoms with Crippen LogP contribution in [0, 0.1) is 0 Å². The Bertz CT molecular complexity index is 986. The number of aliphatic imine (C=N–C) groups is 1. The van der Waals surface area contributed by atoms with E-state index in [1.54, 1.807) is 6.20 Å². The monoisotopic (exact) mass is 668 g/mol. The molecule has 21 heteroatoms. The quantitative estimate of drug-likeness (QED) is 0.0470. The summed E-state index contributed by atoms with van der Waals surface area (Å²) < 4.78 is 4.85. The fourth-order valence-electron chi connectivity index (χ4n) is 3.41. The summed E-state index contributed by atoms with van der Waals surface area (Å²) in [5.41, 5.74) is 31.7. The fraction of sp³-hybridized carbons (Fsp3) is 0.720. The third-order valence-corrected chi connectivity index (χ3v) is 6.12. The van der Waals surface area contributed by atoms with Crippen molar-refractivity contribution in [1.29, 1.82) is 0 Å². The lowest BCUT2D eigenvalue weighted by Crippen LogP contribution is -2.62. The van der Waals surface area contributed by atoms with Crippen molar-refractivity contribution in [2.45, 2.75) is 87.3 Å². The fourth-order valence-corrected chi connectivity index (χ4v) is 3.41. The maximum atomic E-state index is 10.3. The summed E-state index contributed by atoms with van der Waals surface area (Å²) in [6.45, 7) is 0.585. The van der Waals surface area contributed by atoms with Crippen molar-refractivity contribution in [1.82, 2.24) is 15.3 Å². The number of aliphatic hydroxyl groups is 4. The van der Waals surface area contributed by atoms with Gasteiger partial charge in [-0.2, -0.15) is 0 Å². The van der Waals surface area contributed by atoms with E-state index in [4.69, 9.17) is 59.6 Å². The molecule has 46 heavy (non-hydrogen) atoms. The van der Waals surface area contributed by atoms with Crippen LogP contribution in [-0.2, 0) is 25.5 Å². The highest BCUT2D eigenvalue weighted by Gasteiger charge is 2.42. The first-order valence-corrected chi connectivity index (χ1v) is 14.2. The van der Waals surface area contributed by atoms with Crippen LogP contribution in [0.5, 0.6) is 0 Å². The molecule has 4 unspecified atom stereocenters. The van der Waals surface area contributed by atoms with Crippen LogP contribution >= 0.6 is 0 Å². The molecule has 0 spiro atoms. The van der Waals surface area contributed by atoms with Gasteiger partial charge in [0, 0.05) is 24.9 Å². The minimum atomic E-state index is -1.22. The molecule has 1 saturated heterocycles. The van der Waals surface area contributed by atoms with Crippen molar-refractivity contribution >= 4 is 23.9 Å². The van der Waals surface area contributed by atoms with Gasteiger partial charge in [-0.15, -0.1) is 0 Å². The molecule has 0 bridgehead atoms. The Morgan fingerprint density at radius 2 is 1.50 bits per heavy atom. The molecule has 21 N–H and O–H groups in total. The van der Waals surface area contributed by atoms with Gasteiger partial charge in [0.25, 0.3) is 0 Å². The zero-order valence-corrected chi connectivity index (χ0v) is 25.8. The van der Waals surface area contributed by atoms with E-state index in [0.29, 0.717) is 32.4 Å². The number of aromatic amines is 1. The van der Waals surface area contributed by atoms with Gasteiger partial charge in [0.1, 0.15) is 36.4 Å². The second-order valence-corrected chi connectivity index (χ2v) is 9.89. The van der Waals surface area contributed by atoms with Crippen LogP contribution in [0.4, 0.5) is 0 Å².